The largest absolute Gasteiger partial charge is 0.495 e. The molecule has 0 unspecified atom stereocenters. The number of hydrogen-bond donors (Lipinski definition) is 1. The summed E-state index contributed by atoms with van der Waals surface area (Å²) in [6.45, 7) is 0.0000380. The first-order valence-corrected chi connectivity index (χ1v) is 9.14. The Morgan fingerprint density at radius 2 is 1.96 bits per heavy atom. The maximum Gasteiger partial charge on any atom is 0.338 e. The molecule has 0 saturated carbocycles. The van der Waals surface area contributed by atoms with E-state index < -0.39 is 5.97 Å². The van der Waals surface area contributed by atoms with Gasteiger partial charge in [-0.2, -0.15) is 0 Å². The summed E-state index contributed by atoms with van der Waals surface area (Å²) < 4.78 is 10.3. The van der Waals surface area contributed by atoms with E-state index in [1.165, 1.54) is 18.4 Å². The Bertz CT molecular complexity index is 959. The van der Waals surface area contributed by atoms with E-state index in [-0.39, 0.29) is 18.2 Å². The Hall–Kier alpha value is -2.90. The fourth-order valence-electron chi connectivity index (χ4n) is 2.21. The molecule has 0 radical (unpaired) electrons. The summed E-state index contributed by atoms with van der Waals surface area (Å²) in [6, 6.07) is 13.6. The van der Waals surface area contributed by atoms with E-state index in [1.807, 2.05) is 6.07 Å². The molecule has 1 N–H and O–H groups in total. The summed E-state index contributed by atoms with van der Waals surface area (Å²) in [5.74, 6) is -0.302. The normalized spacial score (nSPS) is 10.3. The number of ether oxygens (including phenoxy) is 2. The topological polar surface area (TPSA) is 77.5 Å². The van der Waals surface area contributed by atoms with Crippen molar-refractivity contribution in [2.24, 2.45) is 0 Å². The summed E-state index contributed by atoms with van der Waals surface area (Å²) >= 11 is 7.29. The van der Waals surface area contributed by atoms with Gasteiger partial charge in [0.1, 0.15) is 23.1 Å². The predicted octanol–water partition coefficient (Wildman–Crippen LogP) is 4.41. The van der Waals surface area contributed by atoms with Crippen LogP contribution in [0, 0.1) is 0 Å². The Labute approximate surface area is 164 Å². The number of carbonyl (C=O) groups is 2. The maximum atomic E-state index is 12.3. The summed E-state index contributed by atoms with van der Waals surface area (Å²) in [7, 11) is 1.51. The number of hydrogen-bond acceptors (Lipinski definition) is 6. The second-order valence-corrected chi connectivity index (χ2v) is 6.72. The summed E-state index contributed by atoms with van der Waals surface area (Å²) in [4.78, 5) is 28.4. The highest BCUT2D eigenvalue weighted by molar-refractivity contribution is 7.09. The van der Waals surface area contributed by atoms with Crippen molar-refractivity contribution in [1.29, 1.82) is 0 Å². The first kappa shape index (κ1) is 18.9. The van der Waals surface area contributed by atoms with E-state index in [1.54, 1.807) is 47.8 Å². The lowest BCUT2D eigenvalue weighted by Crippen LogP contribution is -2.12. The summed E-state index contributed by atoms with van der Waals surface area (Å²) in [6.07, 6.45) is 0. The molecule has 27 heavy (non-hydrogen) atoms. The molecule has 3 rings (SSSR count). The van der Waals surface area contributed by atoms with Crippen LogP contribution in [0.1, 0.15) is 25.9 Å². The molecule has 0 atom stereocenters. The van der Waals surface area contributed by atoms with E-state index in [0.29, 0.717) is 27.0 Å². The van der Waals surface area contributed by atoms with Crippen molar-refractivity contribution in [3.63, 3.8) is 0 Å². The van der Waals surface area contributed by atoms with Crippen LogP contribution in [0.3, 0.4) is 0 Å². The van der Waals surface area contributed by atoms with Crippen molar-refractivity contribution in [2.75, 3.05) is 12.4 Å². The third-order valence-electron chi connectivity index (χ3n) is 3.53. The number of methoxy groups -OCH3 is 1. The zero-order valence-corrected chi connectivity index (χ0v) is 15.8. The van der Waals surface area contributed by atoms with E-state index in [0.717, 1.165) is 0 Å². The van der Waals surface area contributed by atoms with Gasteiger partial charge in [0.25, 0.3) is 5.91 Å². The van der Waals surface area contributed by atoms with Gasteiger partial charge in [-0.25, -0.2) is 9.78 Å². The standard InChI is InChI=1S/C19H15ClN2O4S/c1-25-16-8-7-13(9-14(16)20)21-18(23)15-11-27-17(22-15)10-26-19(24)12-5-3-2-4-6-12/h2-9,11H,10H2,1H3,(H,21,23). The van der Waals surface area contributed by atoms with Crippen LogP contribution < -0.4 is 10.1 Å². The smallest absolute Gasteiger partial charge is 0.338 e. The fraction of sp³-hybridized carbons (Fsp3) is 0.105. The molecule has 0 bridgehead atoms. The molecule has 0 fully saturated rings. The summed E-state index contributed by atoms with van der Waals surface area (Å²) in [5, 5.41) is 5.23. The van der Waals surface area contributed by atoms with Crippen molar-refractivity contribution in [3.05, 3.63) is 75.2 Å². The number of anilines is 1. The highest BCUT2D eigenvalue weighted by Crippen LogP contribution is 2.27. The van der Waals surface area contributed by atoms with Gasteiger partial charge in [0.2, 0.25) is 0 Å². The van der Waals surface area contributed by atoms with Crippen molar-refractivity contribution < 1.29 is 19.1 Å². The van der Waals surface area contributed by atoms with Gasteiger partial charge in [-0.3, -0.25) is 4.79 Å². The predicted molar refractivity (Wildman–Crippen MR) is 104 cm³/mol. The average molecular weight is 403 g/mol. The van der Waals surface area contributed by atoms with Crippen LogP contribution in [-0.2, 0) is 11.3 Å². The van der Waals surface area contributed by atoms with E-state index in [9.17, 15) is 9.59 Å². The zero-order chi connectivity index (χ0) is 19.2. The van der Waals surface area contributed by atoms with Gasteiger partial charge in [0.15, 0.2) is 0 Å². The molecule has 0 aliphatic heterocycles. The molecule has 3 aromatic rings. The number of rotatable bonds is 6. The van der Waals surface area contributed by atoms with E-state index in [2.05, 4.69) is 10.3 Å². The van der Waals surface area contributed by atoms with Crippen LogP contribution in [0.2, 0.25) is 5.02 Å². The average Bonchev–Trinajstić information content (AvgIpc) is 3.16. The van der Waals surface area contributed by atoms with Gasteiger partial charge in [0, 0.05) is 11.1 Å². The monoisotopic (exact) mass is 402 g/mol. The molecule has 2 aromatic carbocycles. The van der Waals surface area contributed by atoms with Crippen LogP contribution >= 0.6 is 22.9 Å². The van der Waals surface area contributed by atoms with Crippen molar-refractivity contribution in [1.82, 2.24) is 4.98 Å². The van der Waals surface area contributed by atoms with Crippen molar-refractivity contribution >= 4 is 40.5 Å². The number of carbonyl (C=O) groups excluding carboxylic acids is 2. The van der Waals surface area contributed by atoms with Crippen LogP contribution in [0.5, 0.6) is 5.75 Å². The Kier molecular flexibility index (Phi) is 6.05. The molecule has 0 aliphatic rings. The SMILES string of the molecule is COc1ccc(NC(=O)c2csc(COC(=O)c3ccccc3)n2)cc1Cl. The first-order chi connectivity index (χ1) is 13.1. The lowest BCUT2D eigenvalue weighted by molar-refractivity contribution is 0.0472. The maximum absolute atomic E-state index is 12.3. The Morgan fingerprint density at radius 1 is 1.19 bits per heavy atom. The zero-order valence-electron chi connectivity index (χ0n) is 14.3. The number of aromatic nitrogens is 1. The van der Waals surface area contributed by atoms with Gasteiger partial charge >= 0.3 is 5.97 Å². The molecule has 0 saturated heterocycles. The molecule has 138 valence electrons. The number of benzene rings is 2. The lowest BCUT2D eigenvalue weighted by atomic mass is 10.2. The minimum Gasteiger partial charge on any atom is -0.495 e. The second-order valence-electron chi connectivity index (χ2n) is 5.37. The van der Waals surface area contributed by atoms with Crippen LogP contribution in [0.25, 0.3) is 0 Å². The van der Waals surface area contributed by atoms with E-state index >= 15 is 0 Å². The molecule has 8 heteroatoms. The third kappa shape index (κ3) is 4.84. The van der Waals surface area contributed by atoms with Crippen molar-refractivity contribution in [2.45, 2.75) is 6.61 Å². The second kappa shape index (κ2) is 8.66. The van der Waals surface area contributed by atoms with Crippen LogP contribution in [0.4, 0.5) is 5.69 Å². The van der Waals surface area contributed by atoms with Gasteiger partial charge in [-0.1, -0.05) is 29.8 Å². The third-order valence-corrected chi connectivity index (χ3v) is 4.65. The number of nitrogens with one attached hydrogen (secondary N) is 1. The minimum absolute atomic E-state index is 0.0000380. The van der Waals surface area contributed by atoms with Crippen LogP contribution in [0.15, 0.2) is 53.9 Å². The number of esters is 1. The number of halogens is 1. The van der Waals surface area contributed by atoms with Crippen LogP contribution in [-0.4, -0.2) is 24.0 Å². The molecule has 1 aromatic heterocycles. The molecule has 1 amide bonds. The molecule has 0 aliphatic carbocycles. The Balaban J connectivity index is 1.59. The first-order valence-electron chi connectivity index (χ1n) is 7.88. The quantitative estimate of drug-likeness (QED) is 0.618. The van der Waals surface area contributed by atoms with Gasteiger partial charge < -0.3 is 14.8 Å². The number of nitrogens with zero attached hydrogens (tertiary/aromatic N) is 1. The Morgan fingerprint density at radius 3 is 2.67 bits per heavy atom. The molecule has 6 nitrogen and oxygen atoms in total. The highest BCUT2D eigenvalue weighted by atomic mass is 35.5. The lowest BCUT2D eigenvalue weighted by Gasteiger charge is -2.07. The molecular weight excluding hydrogens is 388 g/mol. The molecule has 0 spiro atoms. The van der Waals surface area contributed by atoms with Crippen molar-refractivity contribution in [3.8, 4) is 5.75 Å². The van der Waals surface area contributed by atoms with Gasteiger partial charge in [0.05, 0.1) is 17.7 Å². The number of thiazole rings is 1. The van der Waals surface area contributed by atoms with E-state index in [4.69, 9.17) is 21.1 Å². The fourth-order valence-corrected chi connectivity index (χ4v) is 3.15. The molecule has 1 heterocycles. The van der Waals surface area contributed by atoms with Gasteiger partial charge in [-0.05, 0) is 30.3 Å². The molecular formula is C19H15ClN2O4S. The highest BCUT2D eigenvalue weighted by Gasteiger charge is 2.14. The van der Waals surface area contributed by atoms with Gasteiger partial charge in [-0.15, -0.1) is 11.3 Å². The minimum atomic E-state index is -0.440. The summed E-state index contributed by atoms with van der Waals surface area (Å²) in [5.41, 5.74) is 1.22. The number of amides is 1.